The third-order valence-corrected chi connectivity index (χ3v) is 24.7. The third-order valence-electron chi connectivity index (χ3n) is 19.1. The summed E-state index contributed by atoms with van der Waals surface area (Å²) >= 11 is 5.39. The Morgan fingerprint density at radius 2 is 0.630 bits per heavy atom. The van der Waals surface area contributed by atoms with Gasteiger partial charge in [-0.05, 0) is 197 Å². The van der Waals surface area contributed by atoms with Gasteiger partial charge in [0.1, 0.15) is 26.4 Å². The molecule has 6 saturated carbocycles. The Morgan fingerprint density at radius 1 is 0.398 bits per heavy atom. The summed E-state index contributed by atoms with van der Waals surface area (Å²) in [6.07, 6.45) is 15.6. The summed E-state index contributed by atoms with van der Waals surface area (Å²) < 4.78 is 99.2. The zero-order valence-corrected chi connectivity index (χ0v) is 70.1. The molecule has 4 aromatic carbocycles. The van der Waals surface area contributed by atoms with Gasteiger partial charge in [-0.3, -0.25) is 37.7 Å². The van der Waals surface area contributed by atoms with E-state index in [1.165, 1.54) is 32.8 Å². The van der Waals surface area contributed by atoms with Gasteiger partial charge in [0, 0.05) is 17.3 Å². The van der Waals surface area contributed by atoms with E-state index in [0.717, 1.165) is 67.0 Å². The van der Waals surface area contributed by atoms with Crippen LogP contribution in [0.25, 0.3) is 0 Å². The standard InChI is InChI=1S/C16H20O3S.C15H21NO4S.C15H20O5S.C14H18O3.C8H15NO4S.C7H12O3.C2H4OS.K/c1-12(17)20-15-9-7-14(8-10-15)16(18)19-11-13-5-3-2-4-6-13;1-16-21(18,19)14-9-7-13(8-10-14)15(17)20-11-12-5-3-2-4-6-12;1-21(17,18)20-14-9-7-13(8-10-14)15(16)19-11-12-5-3-2-4-6-12;15-13-8-6-12(7-9-13)14(16)17-10-11-4-2-1-3-5-11;1-9-14(12,13)7-4-2-6(3-5-7)8(10)11;8-6-3-1-5(2-4-6)7(9)10;1-2(3)4;/h2-6,14-15H,7-11H2,1H3;2-6,13-14,16H,7-11H2,1H3;2-6,13-14H,7-11H2,1H3;1-5,12-13,15H,6-10H2;6-7,9H,2-5H2,1H3,(H,10,11);5-6,8H,1-4H2,(H,9,10);1H3,(H,3,4);/q;;;;;;;+1/p-1. The molecule has 4 aromatic rings. The summed E-state index contributed by atoms with van der Waals surface area (Å²) in [4.78, 5) is 89.1. The van der Waals surface area contributed by atoms with Crippen molar-refractivity contribution < 1.29 is 159 Å². The minimum absolute atomic E-state index is 0. The molecule has 0 amide bonds. The summed E-state index contributed by atoms with van der Waals surface area (Å²) in [6.45, 7) is 4.19. The van der Waals surface area contributed by atoms with Crippen LogP contribution in [0.15, 0.2) is 121 Å². The molecule has 0 aromatic heterocycles. The van der Waals surface area contributed by atoms with Gasteiger partial charge >= 0.3 is 87.2 Å². The molecule has 596 valence electrons. The molecule has 6 aliphatic carbocycles. The molecule has 0 atom stereocenters. The van der Waals surface area contributed by atoms with Crippen molar-refractivity contribution in [3.63, 3.8) is 0 Å². The van der Waals surface area contributed by atoms with Gasteiger partial charge in [0.15, 0.2) is 5.12 Å². The maximum atomic E-state index is 12.0. The molecular formula is C77H109KN2O23S5. The molecule has 0 aliphatic heterocycles. The van der Waals surface area contributed by atoms with Crippen LogP contribution in [0.4, 0.5) is 0 Å². The van der Waals surface area contributed by atoms with E-state index in [-0.39, 0.29) is 158 Å². The van der Waals surface area contributed by atoms with Crippen LogP contribution in [0.3, 0.4) is 0 Å². The van der Waals surface area contributed by atoms with Gasteiger partial charge in [-0.1, -0.05) is 133 Å². The smallest absolute Gasteiger partial charge is 0.742 e. The number of rotatable bonds is 21. The number of esters is 4. The summed E-state index contributed by atoms with van der Waals surface area (Å²) in [5.41, 5.74) is 3.94. The second-order valence-corrected chi connectivity index (χ2v) is 35.3. The number of hydrogen-bond acceptors (Lipinski definition) is 23. The predicted octanol–water partition coefficient (Wildman–Crippen LogP) is 7.84. The SMILES string of the molecule is CC(=O)SC1CCC(C(=O)OCc2ccccc2)CC1.CC(=O)[S-].CNS(=O)(=O)C1CCC(C(=O)O)CC1.CNS(=O)(=O)C1CCC(C(=O)OCc2ccccc2)CC1.CS(=O)(=O)OC1CCC(C(=O)OCc2ccccc2)CC1.O=C(O)C1CCC(O)CC1.O=C(OCc1ccccc1)C1CCC(O)CC1.[K+]. The van der Waals surface area contributed by atoms with E-state index in [2.05, 4.69) is 22.1 Å². The number of benzene rings is 4. The van der Waals surface area contributed by atoms with E-state index in [1.54, 1.807) is 6.92 Å². The molecule has 31 heteroatoms. The van der Waals surface area contributed by atoms with E-state index in [4.69, 9.17) is 38.5 Å². The molecular weight excluding hydrogens is 1520 g/mol. The number of carboxylic acids is 2. The van der Waals surface area contributed by atoms with Crippen LogP contribution in [0, 0.1) is 35.5 Å². The Hall–Kier alpha value is -5.10. The molecule has 0 bridgehead atoms. The van der Waals surface area contributed by atoms with Crippen molar-refractivity contribution in [2.45, 2.75) is 228 Å². The number of sulfonamides is 2. The quantitative estimate of drug-likeness (QED) is 0.0152. The maximum absolute atomic E-state index is 12.0. The van der Waals surface area contributed by atoms with Crippen molar-refractivity contribution in [2.24, 2.45) is 35.5 Å². The number of nitrogens with one attached hydrogen (secondary N) is 2. The van der Waals surface area contributed by atoms with Crippen molar-refractivity contribution in [3.05, 3.63) is 144 Å². The number of thioether (sulfide) groups is 1. The number of ether oxygens (including phenoxy) is 4. The fourth-order valence-corrected chi connectivity index (χ4v) is 17.0. The third kappa shape index (κ3) is 40.4. The molecule has 108 heavy (non-hydrogen) atoms. The molecule has 6 fully saturated rings. The number of hydrogen-bond donors (Lipinski definition) is 6. The normalized spacial score (nSPS) is 23.8. The topological polar surface area (TPSA) is 390 Å². The largest absolute Gasteiger partial charge is 1.00 e. The Bertz CT molecular complexity index is 3650. The Labute approximate surface area is 690 Å². The zero-order chi connectivity index (χ0) is 79.0. The number of aliphatic hydroxyl groups is 2. The van der Waals surface area contributed by atoms with E-state index in [1.807, 2.05) is 121 Å². The first-order valence-corrected chi connectivity index (χ1v) is 42.7. The molecule has 0 spiro atoms. The summed E-state index contributed by atoms with van der Waals surface area (Å²) in [5.74, 6) is -3.12. The van der Waals surface area contributed by atoms with Gasteiger partial charge in [0.2, 0.25) is 20.0 Å². The van der Waals surface area contributed by atoms with Gasteiger partial charge in [0.25, 0.3) is 10.1 Å². The van der Waals surface area contributed by atoms with E-state index >= 15 is 0 Å². The van der Waals surface area contributed by atoms with Gasteiger partial charge in [-0.2, -0.15) is 8.42 Å². The van der Waals surface area contributed by atoms with Gasteiger partial charge in [0.05, 0.1) is 70.6 Å². The Balaban J connectivity index is 0.000000336. The van der Waals surface area contributed by atoms with Crippen molar-refractivity contribution in [2.75, 3.05) is 20.4 Å². The van der Waals surface area contributed by atoms with Crippen LogP contribution >= 0.6 is 11.8 Å². The van der Waals surface area contributed by atoms with Crippen molar-refractivity contribution in [1.82, 2.24) is 9.44 Å². The maximum Gasteiger partial charge on any atom is 1.00 e. The van der Waals surface area contributed by atoms with Crippen LogP contribution in [0.5, 0.6) is 0 Å². The Morgan fingerprint density at radius 3 is 0.870 bits per heavy atom. The predicted molar refractivity (Wildman–Crippen MR) is 407 cm³/mol. The van der Waals surface area contributed by atoms with E-state index < -0.39 is 47.4 Å². The molecule has 0 unspecified atom stereocenters. The minimum Gasteiger partial charge on any atom is -0.742 e. The first-order chi connectivity index (χ1) is 50.8. The molecule has 6 N–H and O–H groups in total. The molecule has 0 heterocycles. The second kappa shape index (κ2) is 52.3. The van der Waals surface area contributed by atoms with Crippen LogP contribution in [0.2, 0.25) is 0 Å². The molecule has 0 saturated heterocycles. The molecule has 6 aliphatic rings. The number of carbonyl (C=O) groups is 8. The first-order valence-electron chi connectivity index (χ1n) is 36.5. The molecule has 10 rings (SSSR count). The van der Waals surface area contributed by atoms with Crippen molar-refractivity contribution >= 4 is 101 Å². The van der Waals surface area contributed by atoms with Crippen molar-refractivity contribution in [3.8, 4) is 0 Å². The van der Waals surface area contributed by atoms with Crippen LogP contribution < -0.4 is 60.8 Å². The average Bonchev–Trinajstić information content (AvgIpc) is 0.861. The number of aliphatic carboxylic acids is 2. The second-order valence-electron chi connectivity index (χ2n) is 27.4. The monoisotopic (exact) mass is 1630 g/mol. The fraction of sp³-hybridized carbons (Fsp3) is 0.584. The van der Waals surface area contributed by atoms with E-state index in [9.17, 15) is 68.7 Å². The van der Waals surface area contributed by atoms with Crippen LogP contribution in [-0.2, 0) is 131 Å². The van der Waals surface area contributed by atoms with Gasteiger partial charge in [-0.25, -0.2) is 26.3 Å². The number of aliphatic hydroxyl groups excluding tert-OH is 2. The summed E-state index contributed by atoms with van der Waals surface area (Å²) in [5, 5.41) is 35.1. The number of carbonyl (C=O) groups excluding carboxylic acids is 6. The molecule has 25 nitrogen and oxygen atoms in total. The molecule has 0 radical (unpaired) electrons. The van der Waals surface area contributed by atoms with Gasteiger partial charge < -0.3 is 56.8 Å². The van der Waals surface area contributed by atoms with Crippen LogP contribution in [0.1, 0.15) is 190 Å². The Kier molecular flexibility index (Phi) is 47.0. The number of carboxylic acid groups (broad SMARTS) is 2. The first kappa shape index (κ1) is 97.1. The fourth-order valence-electron chi connectivity index (χ4n) is 12.9. The summed E-state index contributed by atoms with van der Waals surface area (Å²) in [7, 11) is -7.05. The zero-order valence-electron chi connectivity index (χ0n) is 62.9. The van der Waals surface area contributed by atoms with E-state index in [0.29, 0.717) is 134 Å². The minimum atomic E-state index is -3.42. The average molecular weight is 1630 g/mol. The van der Waals surface area contributed by atoms with Gasteiger partial charge in [-0.15, -0.1) is 0 Å². The van der Waals surface area contributed by atoms with Crippen LogP contribution in [-0.4, -0.2) is 146 Å². The van der Waals surface area contributed by atoms with Crippen molar-refractivity contribution in [1.29, 1.82) is 0 Å². The summed E-state index contributed by atoms with van der Waals surface area (Å²) in [6, 6.07) is 38.5.